The van der Waals surface area contributed by atoms with Gasteiger partial charge in [-0.3, -0.25) is 4.99 Å². The minimum absolute atomic E-state index is 0. The monoisotopic (exact) mass is 546 g/mol. The molecule has 0 amide bonds. The summed E-state index contributed by atoms with van der Waals surface area (Å²) in [5.74, 6) is 3.07. The van der Waals surface area contributed by atoms with Gasteiger partial charge < -0.3 is 20.5 Å². The molecule has 1 aromatic carbocycles. The number of aryl methyl sites for hydroxylation is 1. The van der Waals surface area contributed by atoms with Gasteiger partial charge in [-0.05, 0) is 37.6 Å². The molecule has 172 valence electrons. The molecule has 8 nitrogen and oxygen atoms in total. The van der Waals surface area contributed by atoms with E-state index in [1.165, 1.54) is 24.3 Å². The second kappa shape index (κ2) is 12.2. The number of aliphatic hydroxyl groups excluding tert-OH is 1. The lowest BCUT2D eigenvalue weighted by Gasteiger charge is -2.25. The SMILES string of the molecule is CCNC(=NCC(O)COc1ccc(F)cc1)NC1CCc2nc(C(C)C)nn2C1.I. The number of halogens is 2. The average molecular weight is 546 g/mol. The fraction of sp³-hybridized carbons (Fsp3) is 0.571. The van der Waals surface area contributed by atoms with Crippen LogP contribution in [0.2, 0.25) is 0 Å². The topological polar surface area (TPSA) is 96.6 Å². The van der Waals surface area contributed by atoms with E-state index < -0.39 is 6.10 Å². The third kappa shape index (κ3) is 7.60. The maximum absolute atomic E-state index is 12.9. The van der Waals surface area contributed by atoms with Crippen LogP contribution >= 0.6 is 24.0 Å². The van der Waals surface area contributed by atoms with Crippen LogP contribution in [0.25, 0.3) is 0 Å². The van der Waals surface area contributed by atoms with Crippen molar-refractivity contribution in [3.63, 3.8) is 0 Å². The Morgan fingerprint density at radius 2 is 2.10 bits per heavy atom. The Bertz CT molecular complexity index is 843. The Morgan fingerprint density at radius 3 is 2.77 bits per heavy atom. The van der Waals surface area contributed by atoms with Crippen molar-refractivity contribution >= 4 is 29.9 Å². The van der Waals surface area contributed by atoms with Crippen LogP contribution in [0.15, 0.2) is 29.3 Å². The summed E-state index contributed by atoms with van der Waals surface area (Å²) < 4.78 is 20.4. The Labute approximate surface area is 199 Å². The largest absolute Gasteiger partial charge is 0.491 e. The smallest absolute Gasteiger partial charge is 0.191 e. The number of nitrogens with one attached hydrogen (secondary N) is 2. The molecular weight excluding hydrogens is 514 g/mol. The summed E-state index contributed by atoms with van der Waals surface area (Å²) in [5, 5.41) is 21.4. The summed E-state index contributed by atoms with van der Waals surface area (Å²) in [6, 6.07) is 5.89. The first kappa shape index (κ1) is 25.3. The molecule has 2 atom stereocenters. The van der Waals surface area contributed by atoms with Gasteiger partial charge in [0.15, 0.2) is 11.8 Å². The first-order valence-electron chi connectivity index (χ1n) is 10.5. The van der Waals surface area contributed by atoms with E-state index in [-0.39, 0.29) is 49.0 Å². The van der Waals surface area contributed by atoms with Crippen LogP contribution in [0.1, 0.15) is 44.8 Å². The lowest BCUT2D eigenvalue weighted by molar-refractivity contribution is 0.114. The molecule has 10 heteroatoms. The fourth-order valence-corrected chi connectivity index (χ4v) is 3.18. The van der Waals surface area contributed by atoms with E-state index in [4.69, 9.17) is 4.74 Å². The number of fused-ring (bicyclic) bond motifs is 1. The standard InChI is InChI=1S/C21H31FN6O2.HI/c1-4-23-21(24-11-17(29)13-30-18-8-5-15(22)6-9-18)25-16-7-10-19-26-20(14(2)3)27-28(19)12-16;/h5-6,8-9,14,16-17,29H,4,7,10-13H2,1-3H3,(H2,23,24,25);1H. The molecule has 3 N–H and O–H groups in total. The van der Waals surface area contributed by atoms with Gasteiger partial charge in [-0.25, -0.2) is 14.1 Å². The highest BCUT2D eigenvalue weighted by molar-refractivity contribution is 14.0. The molecule has 1 aromatic heterocycles. The van der Waals surface area contributed by atoms with Crippen molar-refractivity contribution in [3.05, 3.63) is 41.7 Å². The lowest BCUT2D eigenvalue weighted by Crippen LogP contribution is -2.47. The molecule has 1 aliphatic rings. The van der Waals surface area contributed by atoms with E-state index in [0.29, 0.717) is 24.2 Å². The minimum Gasteiger partial charge on any atom is -0.491 e. The van der Waals surface area contributed by atoms with Crippen molar-refractivity contribution in [2.24, 2.45) is 4.99 Å². The maximum Gasteiger partial charge on any atom is 0.191 e. The summed E-state index contributed by atoms with van der Waals surface area (Å²) in [7, 11) is 0. The Hall–Kier alpha value is -1.95. The number of hydrogen-bond acceptors (Lipinski definition) is 5. The van der Waals surface area contributed by atoms with Gasteiger partial charge in [-0.2, -0.15) is 5.10 Å². The second-order valence-corrected chi connectivity index (χ2v) is 7.74. The zero-order chi connectivity index (χ0) is 21.5. The number of rotatable bonds is 8. The molecule has 3 rings (SSSR count). The van der Waals surface area contributed by atoms with Crippen LogP contribution in [-0.4, -0.2) is 57.7 Å². The van der Waals surface area contributed by atoms with Gasteiger partial charge in [0.1, 0.15) is 30.1 Å². The molecule has 31 heavy (non-hydrogen) atoms. The number of nitrogens with zero attached hydrogens (tertiary/aromatic N) is 4. The molecular formula is C21H32FIN6O2. The van der Waals surface area contributed by atoms with Crippen LogP contribution < -0.4 is 15.4 Å². The van der Waals surface area contributed by atoms with E-state index >= 15 is 0 Å². The first-order chi connectivity index (χ1) is 14.4. The Morgan fingerprint density at radius 1 is 1.35 bits per heavy atom. The van der Waals surface area contributed by atoms with Crippen molar-refractivity contribution in [1.82, 2.24) is 25.4 Å². The molecule has 1 aliphatic heterocycles. The zero-order valence-electron chi connectivity index (χ0n) is 18.2. The summed E-state index contributed by atoms with van der Waals surface area (Å²) in [6.45, 7) is 7.91. The predicted octanol–water partition coefficient (Wildman–Crippen LogP) is 2.47. The first-order valence-corrected chi connectivity index (χ1v) is 10.5. The van der Waals surface area contributed by atoms with Gasteiger partial charge >= 0.3 is 0 Å². The van der Waals surface area contributed by atoms with Crippen molar-refractivity contribution < 1.29 is 14.2 Å². The summed E-state index contributed by atoms with van der Waals surface area (Å²) >= 11 is 0. The number of hydrogen-bond donors (Lipinski definition) is 3. The Balaban J connectivity index is 0.00000341. The molecule has 0 saturated carbocycles. The zero-order valence-corrected chi connectivity index (χ0v) is 20.5. The van der Waals surface area contributed by atoms with E-state index in [1.54, 1.807) is 0 Å². The third-order valence-electron chi connectivity index (χ3n) is 4.79. The molecule has 0 fully saturated rings. The van der Waals surface area contributed by atoms with Gasteiger partial charge in [0.05, 0.1) is 13.1 Å². The molecule has 2 heterocycles. The maximum atomic E-state index is 12.9. The summed E-state index contributed by atoms with van der Waals surface area (Å²) in [5.41, 5.74) is 0. The number of aromatic nitrogens is 3. The fourth-order valence-electron chi connectivity index (χ4n) is 3.18. The van der Waals surface area contributed by atoms with E-state index in [1.807, 2.05) is 11.6 Å². The van der Waals surface area contributed by atoms with Crippen LogP contribution in [0.5, 0.6) is 5.75 Å². The molecule has 2 aromatic rings. The quantitative estimate of drug-likeness (QED) is 0.268. The molecule has 2 unspecified atom stereocenters. The number of aliphatic imine (C=N–C) groups is 1. The molecule has 0 spiro atoms. The van der Waals surface area contributed by atoms with Crippen molar-refractivity contribution in [1.29, 1.82) is 0 Å². The van der Waals surface area contributed by atoms with Crippen LogP contribution in [0, 0.1) is 5.82 Å². The number of benzene rings is 1. The molecule has 0 radical (unpaired) electrons. The van der Waals surface area contributed by atoms with Crippen LogP contribution in [0.4, 0.5) is 4.39 Å². The lowest BCUT2D eigenvalue weighted by atomic mass is 10.1. The minimum atomic E-state index is -0.771. The van der Waals surface area contributed by atoms with Gasteiger partial charge in [-0.1, -0.05) is 13.8 Å². The Kier molecular flexibility index (Phi) is 9.94. The highest BCUT2D eigenvalue weighted by atomic mass is 127. The predicted molar refractivity (Wildman–Crippen MR) is 129 cm³/mol. The van der Waals surface area contributed by atoms with Crippen molar-refractivity contribution in [2.45, 2.75) is 58.2 Å². The van der Waals surface area contributed by atoms with Crippen LogP contribution in [0.3, 0.4) is 0 Å². The van der Waals surface area contributed by atoms with Gasteiger partial charge in [0.25, 0.3) is 0 Å². The second-order valence-electron chi connectivity index (χ2n) is 7.74. The normalized spacial score (nSPS) is 17.0. The third-order valence-corrected chi connectivity index (χ3v) is 4.79. The molecule has 0 bridgehead atoms. The van der Waals surface area contributed by atoms with Gasteiger partial charge in [0, 0.05) is 24.9 Å². The molecule has 0 saturated heterocycles. The highest BCUT2D eigenvalue weighted by Gasteiger charge is 2.23. The van der Waals surface area contributed by atoms with Gasteiger partial charge in [-0.15, -0.1) is 24.0 Å². The van der Waals surface area contributed by atoms with Crippen molar-refractivity contribution in [2.75, 3.05) is 19.7 Å². The van der Waals surface area contributed by atoms with E-state index in [9.17, 15) is 9.50 Å². The van der Waals surface area contributed by atoms with E-state index in [0.717, 1.165) is 31.0 Å². The number of ether oxygens (including phenoxy) is 1. The summed E-state index contributed by atoms with van der Waals surface area (Å²) in [6.07, 6.45) is 1.04. The van der Waals surface area contributed by atoms with Crippen LogP contribution in [-0.2, 0) is 13.0 Å². The average Bonchev–Trinajstić information content (AvgIpc) is 3.15. The highest BCUT2D eigenvalue weighted by Crippen LogP contribution is 2.17. The number of guanidine groups is 1. The van der Waals surface area contributed by atoms with Gasteiger partial charge in [0.2, 0.25) is 0 Å². The molecule has 0 aliphatic carbocycles. The van der Waals surface area contributed by atoms with Crippen molar-refractivity contribution in [3.8, 4) is 5.75 Å². The number of aliphatic hydroxyl groups is 1. The summed E-state index contributed by atoms with van der Waals surface area (Å²) in [4.78, 5) is 9.10. The van der Waals surface area contributed by atoms with E-state index in [2.05, 4.69) is 39.6 Å².